The van der Waals surface area contributed by atoms with Crippen molar-refractivity contribution in [1.29, 1.82) is 0 Å². The molecule has 0 radical (unpaired) electrons. The normalized spacial score (nSPS) is 51.1. The lowest BCUT2D eigenvalue weighted by Gasteiger charge is -2.62. The molecule has 0 heterocycles. The smallest absolute Gasteiger partial charge is 0.138 e. The van der Waals surface area contributed by atoms with Crippen molar-refractivity contribution in [2.75, 3.05) is 0 Å². The second kappa shape index (κ2) is 7.32. The third kappa shape index (κ3) is 2.97. The Morgan fingerprint density at radius 3 is 2.24 bits per heavy atom. The van der Waals surface area contributed by atoms with E-state index in [1.165, 1.54) is 32.1 Å². The van der Waals surface area contributed by atoms with Gasteiger partial charge in [0.2, 0.25) is 0 Å². The summed E-state index contributed by atoms with van der Waals surface area (Å²) in [5.74, 6) is 2.21. The predicted molar refractivity (Wildman–Crippen MR) is 134 cm³/mol. The first-order valence-electron chi connectivity index (χ1n) is 14.2. The van der Waals surface area contributed by atoms with Crippen LogP contribution >= 0.6 is 0 Å². The Kier molecular flexibility index (Phi) is 5.42. The lowest BCUT2D eigenvalue weighted by molar-refractivity contribution is -0.157. The van der Waals surface area contributed by atoms with Gasteiger partial charge in [0.1, 0.15) is 5.78 Å². The molecule has 0 aromatic carbocycles. The molecule has 0 amide bonds. The van der Waals surface area contributed by atoms with Crippen LogP contribution in [0.3, 0.4) is 0 Å². The minimum atomic E-state index is -1.09. The second-order valence-corrected chi connectivity index (χ2v) is 15.2. The summed E-state index contributed by atoms with van der Waals surface area (Å²) >= 11 is 0. The van der Waals surface area contributed by atoms with Gasteiger partial charge in [-0.1, -0.05) is 34.6 Å². The van der Waals surface area contributed by atoms with Gasteiger partial charge < -0.3 is 15.3 Å². The zero-order valence-corrected chi connectivity index (χ0v) is 22.8. The summed E-state index contributed by atoms with van der Waals surface area (Å²) in [6.07, 6.45) is 9.24. The summed E-state index contributed by atoms with van der Waals surface area (Å²) in [4.78, 5) is 12.9. The maximum absolute atomic E-state index is 12.9. The number of rotatable bonds is 5. The Bertz CT molecular complexity index is 858. The maximum atomic E-state index is 12.9. The number of fused-ring (bicyclic) bond motifs is 2. The van der Waals surface area contributed by atoms with Crippen LogP contribution in [0.4, 0.5) is 0 Å². The summed E-state index contributed by atoms with van der Waals surface area (Å²) in [5, 5.41) is 32.1. The zero-order chi connectivity index (χ0) is 25.1. The van der Waals surface area contributed by atoms with Crippen LogP contribution in [0.2, 0.25) is 0 Å². The van der Waals surface area contributed by atoms with E-state index in [4.69, 9.17) is 0 Å². The third-order valence-electron chi connectivity index (χ3n) is 13.2. The number of aliphatic hydroxyl groups excluding tert-OH is 2. The molecule has 5 rings (SSSR count). The summed E-state index contributed by atoms with van der Waals surface area (Å²) in [6.45, 7) is 15.0. The van der Waals surface area contributed by atoms with Crippen LogP contribution in [-0.4, -0.2) is 38.9 Å². The molecule has 0 aromatic heterocycles. The number of aliphatic hydroxyl groups is 3. The van der Waals surface area contributed by atoms with Crippen molar-refractivity contribution >= 4 is 5.78 Å². The first kappa shape index (κ1) is 25.2. The summed E-state index contributed by atoms with van der Waals surface area (Å²) < 4.78 is 0. The Hall–Kier alpha value is -0.450. The predicted octanol–water partition coefficient (Wildman–Crippen LogP) is 5.51. The molecule has 194 valence electrons. The largest absolute Gasteiger partial charge is 0.393 e. The van der Waals surface area contributed by atoms with E-state index in [9.17, 15) is 20.1 Å². The number of hydrogen-bond acceptors (Lipinski definition) is 4. The summed E-state index contributed by atoms with van der Waals surface area (Å²) in [5.41, 5.74) is -0.295. The van der Waals surface area contributed by atoms with Crippen LogP contribution < -0.4 is 0 Å². The van der Waals surface area contributed by atoms with E-state index in [0.29, 0.717) is 40.8 Å². The molecule has 0 aliphatic heterocycles. The summed E-state index contributed by atoms with van der Waals surface area (Å²) in [6, 6.07) is 0. The molecule has 0 bridgehead atoms. The number of Topliss-reactive ketones (excluding diaryl/α,β-unsaturated/α-hetero) is 1. The minimum absolute atomic E-state index is 0.0953. The minimum Gasteiger partial charge on any atom is -0.393 e. The van der Waals surface area contributed by atoms with Crippen LogP contribution in [0, 0.1) is 50.7 Å². The van der Waals surface area contributed by atoms with E-state index >= 15 is 0 Å². The van der Waals surface area contributed by atoms with Crippen molar-refractivity contribution in [3.63, 3.8) is 0 Å². The first-order valence-corrected chi connectivity index (χ1v) is 14.2. The third-order valence-corrected chi connectivity index (χ3v) is 13.2. The maximum Gasteiger partial charge on any atom is 0.138 e. The number of hydrogen-bond donors (Lipinski definition) is 3. The molecule has 2 spiro atoms. The number of carbonyl (C=O) groups excluding carboxylic acids is 1. The van der Waals surface area contributed by atoms with Crippen LogP contribution in [0.25, 0.3) is 0 Å². The molecule has 4 nitrogen and oxygen atoms in total. The molecule has 5 aliphatic carbocycles. The van der Waals surface area contributed by atoms with E-state index < -0.39 is 11.7 Å². The molecule has 34 heavy (non-hydrogen) atoms. The van der Waals surface area contributed by atoms with Crippen LogP contribution in [0.5, 0.6) is 0 Å². The van der Waals surface area contributed by atoms with E-state index in [-0.39, 0.29) is 28.3 Å². The van der Waals surface area contributed by atoms with Crippen molar-refractivity contribution in [2.24, 2.45) is 50.7 Å². The van der Waals surface area contributed by atoms with Crippen molar-refractivity contribution < 1.29 is 20.1 Å². The van der Waals surface area contributed by atoms with Crippen LogP contribution in [0.1, 0.15) is 113 Å². The van der Waals surface area contributed by atoms with Gasteiger partial charge >= 0.3 is 0 Å². The van der Waals surface area contributed by atoms with Gasteiger partial charge in [0.15, 0.2) is 0 Å². The highest BCUT2D eigenvalue weighted by Gasteiger charge is 2.82. The Balaban J connectivity index is 1.41. The molecule has 5 unspecified atom stereocenters. The fourth-order valence-corrected chi connectivity index (χ4v) is 11.2. The fraction of sp³-hybridized carbons (Fsp3) is 0.967. The monoisotopic (exact) mass is 474 g/mol. The molecule has 0 aromatic rings. The highest BCUT2D eigenvalue weighted by molar-refractivity contribution is 5.86. The van der Waals surface area contributed by atoms with Gasteiger partial charge in [0.05, 0.1) is 17.8 Å². The van der Waals surface area contributed by atoms with Crippen molar-refractivity contribution in [2.45, 2.75) is 130 Å². The van der Waals surface area contributed by atoms with Crippen LogP contribution in [0.15, 0.2) is 0 Å². The molecule has 4 heteroatoms. The van der Waals surface area contributed by atoms with E-state index in [1.807, 2.05) is 0 Å². The topological polar surface area (TPSA) is 77.8 Å². The second-order valence-electron chi connectivity index (χ2n) is 15.2. The zero-order valence-electron chi connectivity index (χ0n) is 22.8. The fourth-order valence-electron chi connectivity index (χ4n) is 11.2. The SMILES string of the molecule is C[C@H](CCC(O)C(C)(C)O)C1C(O)C[C@@]2(C)C3CCC4C(C)(C)C(=O)CC[C@@]45C[C@@]35CC[C@]12C. The highest BCUT2D eigenvalue weighted by atomic mass is 16.3. The Labute approximate surface area is 207 Å². The van der Waals surface area contributed by atoms with Crippen molar-refractivity contribution in [3.05, 3.63) is 0 Å². The molecule has 0 saturated heterocycles. The van der Waals surface area contributed by atoms with Crippen molar-refractivity contribution in [3.8, 4) is 0 Å². The molecule has 5 fully saturated rings. The Morgan fingerprint density at radius 1 is 0.971 bits per heavy atom. The van der Waals surface area contributed by atoms with Gasteiger partial charge in [0, 0.05) is 11.8 Å². The lowest BCUT2D eigenvalue weighted by atomic mass is 9.42. The lowest BCUT2D eigenvalue weighted by Crippen LogP contribution is -2.57. The average Bonchev–Trinajstić information content (AvgIpc) is 3.34. The molecule has 5 aliphatic rings. The van der Waals surface area contributed by atoms with Crippen molar-refractivity contribution in [1.82, 2.24) is 0 Å². The highest BCUT2D eigenvalue weighted by Crippen LogP contribution is 2.88. The van der Waals surface area contributed by atoms with E-state index in [2.05, 4.69) is 34.6 Å². The van der Waals surface area contributed by atoms with E-state index in [0.717, 1.165) is 25.7 Å². The van der Waals surface area contributed by atoms with Gasteiger partial charge in [0.25, 0.3) is 0 Å². The molecule has 10 atom stereocenters. The molecular weight excluding hydrogens is 424 g/mol. The van der Waals surface area contributed by atoms with Gasteiger partial charge in [-0.15, -0.1) is 0 Å². The standard InChI is InChI=1S/C30H50O4/c1-18(8-11-23(33)26(4,5)34)24-19(31)16-28(7)21-10-9-20-25(2,3)22(32)12-13-29(20)17-30(21,29)15-14-27(24,28)6/h18-21,23-24,31,33-34H,8-17H2,1-7H3/t18-,19?,20?,21?,23?,24?,27-,28+,29-,30+/m1/s1. The average molecular weight is 475 g/mol. The van der Waals surface area contributed by atoms with Gasteiger partial charge in [-0.25, -0.2) is 0 Å². The van der Waals surface area contributed by atoms with E-state index in [1.54, 1.807) is 13.8 Å². The number of carbonyl (C=O) groups is 1. The summed E-state index contributed by atoms with van der Waals surface area (Å²) in [7, 11) is 0. The molecule has 3 N–H and O–H groups in total. The first-order chi connectivity index (χ1) is 15.6. The molecular formula is C30H50O4. The van der Waals surface area contributed by atoms with Gasteiger partial charge in [-0.3, -0.25) is 4.79 Å². The van der Waals surface area contributed by atoms with Gasteiger partial charge in [-0.2, -0.15) is 0 Å². The number of ketones is 1. The molecule has 5 saturated carbocycles. The van der Waals surface area contributed by atoms with Crippen LogP contribution in [-0.2, 0) is 4.79 Å². The van der Waals surface area contributed by atoms with Gasteiger partial charge in [-0.05, 0) is 117 Å². The quantitative estimate of drug-likeness (QED) is 0.491. The Morgan fingerprint density at radius 2 is 1.59 bits per heavy atom.